The van der Waals surface area contributed by atoms with Gasteiger partial charge in [0.25, 0.3) is 0 Å². The van der Waals surface area contributed by atoms with E-state index in [0.29, 0.717) is 18.6 Å². The van der Waals surface area contributed by atoms with E-state index in [2.05, 4.69) is 0 Å². The van der Waals surface area contributed by atoms with Gasteiger partial charge in [-0.1, -0.05) is 6.07 Å². The van der Waals surface area contributed by atoms with Crippen LogP contribution in [0.5, 0.6) is 11.5 Å². The van der Waals surface area contributed by atoms with Crippen LogP contribution in [-0.4, -0.2) is 53.1 Å². The lowest BCUT2D eigenvalue weighted by atomic mass is 9.78. The average Bonchev–Trinajstić information content (AvgIpc) is 2.54. The first kappa shape index (κ1) is 16.6. The van der Waals surface area contributed by atoms with E-state index in [-0.39, 0.29) is 23.2 Å². The van der Waals surface area contributed by atoms with Crippen LogP contribution in [-0.2, 0) is 6.42 Å². The van der Waals surface area contributed by atoms with Gasteiger partial charge in [-0.2, -0.15) is 0 Å². The Kier molecular flexibility index (Phi) is 4.66. The van der Waals surface area contributed by atoms with Crippen molar-refractivity contribution in [3.05, 3.63) is 23.3 Å². The molecule has 1 saturated heterocycles. The minimum atomic E-state index is -1.12. The van der Waals surface area contributed by atoms with E-state index in [1.54, 1.807) is 19.1 Å². The maximum Gasteiger partial charge on any atom is 0.522 e. The van der Waals surface area contributed by atoms with Gasteiger partial charge >= 0.3 is 13.1 Å². The summed E-state index contributed by atoms with van der Waals surface area (Å²) in [5.41, 5.74) is 0.760. The molecule has 128 valence electrons. The third-order valence-electron chi connectivity index (χ3n) is 4.54. The highest BCUT2D eigenvalue weighted by Gasteiger charge is 2.31. The van der Waals surface area contributed by atoms with Gasteiger partial charge in [-0.3, -0.25) is 5.41 Å². The standard InChI is InChI=1S/C16H21BN2O5/c1-10(18)19-8-5-12(6-9-19)23-13-3-2-11-4-7-17(22)24-15(11)14(13)16(20)21/h2-3,12,18,22H,4-9H2,1H3,(H,20,21). The Labute approximate surface area is 140 Å². The number of nitrogens with zero attached hydrogens (tertiary/aromatic N) is 1. The molecular weight excluding hydrogens is 311 g/mol. The second-order valence-corrected chi connectivity index (χ2v) is 6.23. The van der Waals surface area contributed by atoms with Crippen molar-refractivity contribution in [3.8, 4) is 11.5 Å². The molecule has 0 unspecified atom stereocenters. The van der Waals surface area contributed by atoms with E-state index in [4.69, 9.17) is 14.8 Å². The molecule has 1 aromatic rings. The van der Waals surface area contributed by atoms with E-state index < -0.39 is 13.1 Å². The van der Waals surface area contributed by atoms with Crippen LogP contribution in [0.15, 0.2) is 12.1 Å². The molecule has 3 N–H and O–H groups in total. The molecule has 0 aliphatic carbocycles. The summed E-state index contributed by atoms with van der Waals surface area (Å²) in [6.45, 7) is 3.21. The molecule has 1 aromatic carbocycles. The Bertz CT molecular complexity index is 658. The molecule has 24 heavy (non-hydrogen) atoms. The Morgan fingerprint density at radius 1 is 1.42 bits per heavy atom. The lowest BCUT2D eigenvalue weighted by Gasteiger charge is -2.33. The van der Waals surface area contributed by atoms with Gasteiger partial charge in [0.15, 0.2) is 0 Å². The van der Waals surface area contributed by atoms with Crippen molar-refractivity contribution in [3.63, 3.8) is 0 Å². The number of rotatable bonds is 3. The molecule has 0 bridgehead atoms. The number of amidine groups is 1. The van der Waals surface area contributed by atoms with Crippen LogP contribution in [0.4, 0.5) is 0 Å². The zero-order valence-electron chi connectivity index (χ0n) is 13.6. The van der Waals surface area contributed by atoms with Crippen LogP contribution in [0.3, 0.4) is 0 Å². The summed E-state index contributed by atoms with van der Waals surface area (Å²) < 4.78 is 11.3. The number of hydrogen-bond acceptors (Lipinski definition) is 5. The quantitative estimate of drug-likeness (QED) is 0.442. The highest BCUT2D eigenvalue weighted by molar-refractivity contribution is 6.44. The molecule has 3 rings (SSSR count). The minimum absolute atomic E-state index is 0.0167. The largest absolute Gasteiger partial charge is 0.535 e. The van der Waals surface area contributed by atoms with Crippen molar-refractivity contribution in [2.24, 2.45) is 0 Å². The van der Waals surface area contributed by atoms with Crippen LogP contribution in [0.2, 0.25) is 6.32 Å². The fourth-order valence-electron chi connectivity index (χ4n) is 3.20. The molecule has 0 atom stereocenters. The molecule has 0 amide bonds. The fourth-order valence-corrected chi connectivity index (χ4v) is 3.20. The predicted octanol–water partition coefficient (Wildman–Crippen LogP) is 1.64. The number of aryl methyl sites for hydroxylation is 1. The SMILES string of the molecule is CC(=N)N1CCC(Oc2ccc3c(c2C(=O)O)OB(O)CC3)CC1. The smallest absolute Gasteiger partial charge is 0.522 e. The number of fused-ring (bicyclic) bond motifs is 1. The highest BCUT2D eigenvalue weighted by Crippen LogP contribution is 2.37. The second-order valence-electron chi connectivity index (χ2n) is 6.23. The number of likely N-dealkylation sites (tertiary alicyclic amines) is 1. The summed E-state index contributed by atoms with van der Waals surface area (Å²) in [6.07, 6.45) is 2.40. The van der Waals surface area contributed by atoms with Crippen LogP contribution in [0, 0.1) is 5.41 Å². The lowest BCUT2D eigenvalue weighted by Crippen LogP contribution is -2.40. The molecule has 0 radical (unpaired) electrons. The molecule has 2 aliphatic heterocycles. The Hall–Kier alpha value is -2.22. The number of carboxylic acids is 1. The monoisotopic (exact) mass is 332 g/mol. The molecule has 0 spiro atoms. The number of aromatic carboxylic acids is 1. The molecule has 2 aliphatic rings. The number of nitrogens with one attached hydrogen (secondary N) is 1. The van der Waals surface area contributed by atoms with Crippen LogP contribution in [0.1, 0.15) is 35.7 Å². The van der Waals surface area contributed by atoms with Gasteiger partial charge in [0, 0.05) is 25.9 Å². The Morgan fingerprint density at radius 3 is 2.75 bits per heavy atom. The van der Waals surface area contributed by atoms with Crippen molar-refractivity contribution in [2.75, 3.05) is 13.1 Å². The first-order valence-corrected chi connectivity index (χ1v) is 8.16. The summed E-state index contributed by atoms with van der Waals surface area (Å²) in [7, 11) is -0.982. The van der Waals surface area contributed by atoms with Crippen LogP contribution < -0.4 is 9.39 Å². The molecule has 0 aromatic heterocycles. The first-order valence-electron chi connectivity index (χ1n) is 8.16. The number of carboxylic acid groups (broad SMARTS) is 1. The van der Waals surface area contributed by atoms with Crippen molar-refractivity contribution in [2.45, 2.75) is 38.6 Å². The zero-order valence-corrected chi connectivity index (χ0v) is 13.6. The van der Waals surface area contributed by atoms with Crippen molar-refractivity contribution >= 4 is 18.9 Å². The normalized spacial score (nSPS) is 17.9. The summed E-state index contributed by atoms with van der Waals surface area (Å²) in [5, 5.41) is 26.9. The van der Waals surface area contributed by atoms with Gasteiger partial charge < -0.3 is 24.4 Å². The van der Waals surface area contributed by atoms with Gasteiger partial charge in [-0.15, -0.1) is 0 Å². The Balaban J connectivity index is 1.80. The fraction of sp³-hybridized carbons (Fsp3) is 0.500. The molecule has 1 fully saturated rings. The van der Waals surface area contributed by atoms with E-state index in [1.165, 1.54) is 0 Å². The van der Waals surface area contributed by atoms with Crippen LogP contribution in [0.25, 0.3) is 0 Å². The number of carbonyl (C=O) groups is 1. The molecule has 0 saturated carbocycles. The van der Waals surface area contributed by atoms with E-state index in [1.807, 2.05) is 4.90 Å². The summed E-state index contributed by atoms with van der Waals surface area (Å²) in [4.78, 5) is 13.7. The summed E-state index contributed by atoms with van der Waals surface area (Å²) >= 11 is 0. The predicted molar refractivity (Wildman–Crippen MR) is 89.1 cm³/mol. The number of ether oxygens (including phenoxy) is 1. The minimum Gasteiger partial charge on any atom is -0.535 e. The van der Waals surface area contributed by atoms with E-state index in [9.17, 15) is 14.9 Å². The topological polar surface area (TPSA) is 103 Å². The van der Waals surface area contributed by atoms with Crippen molar-refractivity contribution in [1.82, 2.24) is 4.90 Å². The third kappa shape index (κ3) is 3.33. The second kappa shape index (κ2) is 6.72. The lowest BCUT2D eigenvalue weighted by molar-refractivity contribution is 0.0681. The van der Waals surface area contributed by atoms with Gasteiger partial charge in [0.1, 0.15) is 23.2 Å². The zero-order chi connectivity index (χ0) is 17.3. The third-order valence-corrected chi connectivity index (χ3v) is 4.54. The van der Waals surface area contributed by atoms with Gasteiger partial charge in [-0.05, 0) is 31.3 Å². The molecule has 8 heteroatoms. The van der Waals surface area contributed by atoms with E-state index >= 15 is 0 Å². The van der Waals surface area contributed by atoms with E-state index in [0.717, 1.165) is 31.5 Å². The maximum absolute atomic E-state index is 11.7. The average molecular weight is 332 g/mol. The summed E-state index contributed by atoms with van der Waals surface area (Å²) in [6, 6.07) is 3.48. The van der Waals surface area contributed by atoms with Gasteiger partial charge in [-0.25, -0.2) is 4.79 Å². The van der Waals surface area contributed by atoms with Crippen molar-refractivity contribution < 1.29 is 24.3 Å². The van der Waals surface area contributed by atoms with Crippen molar-refractivity contribution in [1.29, 1.82) is 5.41 Å². The molecule has 2 heterocycles. The number of piperidine rings is 1. The molecule has 7 nitrogen and oxygen atoms in total. The Morgan fingerprint density at radius 2 is 2.12 bits per heavy atom. The van der Waals surface area contributed by atoms with Crippen LogP contribution >= 0.6 is 0 Å². The van der Waals surface area contributed by atoms with Gasteiger partial charge in [0.2, 0.25) is 0 Å². The summed E-state index contributed by atoms with van der Waals surface area (Å²) in [5.74, 6) is -0.0912. The first-order chi connectivity index (χ1) is 11.5. The molecular formula is C16H21BN2O5. The van der Waals surface area contributed by atoms with Gasteiger partial charge in [0.05, 0.1) is 5.84 Å². The number of hydrogen-bond donors (Lipinski definition) is 3. The number of benzene rings is 1. The highest BCUT2D eigenvalue weighted by atomic mass is 16.5. The maximum atomic E-state index is 11.7.